The minimum atomic E-state index is -0.235. The molecule has 0 aliphatic carbocycles. The number of halogens is 1. The van der Waals surface area contributed by atoms with Crippen LogP contribution in [0.25, 0.3) is 0 Å². The first-order chi connectivity index (χ1) is 11.0. The standard InChI is InChI=1S/C18H25BrN2O2/c1-4-16(5-2)21-11-14(10-17(21)22)18(23)20-12(3)13-6-8-15(19)9-7-13/h6-9,12,14,16H,4-5,10-11H2,1-3H3,(H,20,23). The molecule has 0 radical (unpaired) electrons. The van der Waals surface area contributed by atoms with Crippen LogP contribution in [0.2, 0.25) is 0 Å². The lowest BCUT2D eigenvalue weighted by Crippen LogP contribution is -2.38. The van der Waals surface area contributed by atoms with Gasteiger partial charge in [0.15, 0.2) is 0 Å². The van der Waals surface area contributed by atoms with Crippen LogP contribution < -0.4 is 5.32 Å². The summed E-state index contributed by atoms with van der Waals surface area (Å²) in [6.45, 7) is 6.69. The first-order valence-corrected chi connectivity index (χ1v) is 9.10. The number of hydrogen-bond donors (Lipinski definition) is 1. The summed E-state index contributed by atoms with van der Waals surface area (Å²) < 4.78 is 1.02. The summed E-state index contributed by atoms with van der Waals surface area (Å²) in [6, 6.07) is 8.10. The number of nitrogens with zero attached hydrogens (tertiary/aromatic N) is 1. The highest BCUT2D eigenvalue weighted by Crippen LogP contribution is 2.24. The van der Waals surface area contributed by atoms with Gasteiger partial charge >= 0.3 is 0 Å². The van der Waals surface area contributed by atoms with E-state index in [0.717, 1.165) is 22.9 Å². The highest BCUT2D eigenvalue weighted by molar-refractivity contribution is 9.10. The summed E-state index contributed by atoms with van der Waals surface area (Å²) in [6.07, 6.45) is 2.20. The van der Waals surface area contributed by atoms with E-state index in [4.69, 9.17) is 0 Å². The van der Waals surface area contributed by atoms with Crippen LogP contribution in [0, 0.1) is 5.92 Å². The number of likely N-dealkylation sites (tertiary alicyclic amines) is 1. The van der Waals surface area contributed by atoms with Gasteiger partial charge in [-0.3, -0.25) is 9.59 Å². The van der Waals surface area contributed by atoms with Crippen molar-refractivity contribution in [3.63, 3.8) is 0 Å². The van der Waals surface area contributed by atoms with Crippen molar-refractivity contribution in [3.8, 4) is 0 Å². The van der Waals surface area contributed by atoms with Crippen LogP contribution in [-0.2, 0) is 9.59 Å². The highest BCUT2D eigenvalue weighted by atomic mass is 79.9. The van der Waals surface area contributed by atoms with E-state index in [1.165, 1.54) is 0 Å². The average molecular weight is 381 g/mol. The van der Waals surface area contributed by atoms with Crippen molar-refractivity contribution in [2.75, 3.05) is 6.54 Å². The van der Waals surface area contributed by atoms with E-state index in [1.807, 2.05) is 36.1 Å². The largest absolute Gasteiger partial charge is 0.349 e. The number of carbonyl (C=O) groups excluding carboxylic acids is 2. The first kappa shape index (κ1) is 18.0. The maximum atomic E-state index is 12.5. The molecule has 1 aromatic carbocycles. The van der Waals surface area contributed by atoms with Crippen molar-refractivity contribution < 1.29 is 9.59 Å². The van der Waals surface area contributed by atoms with Crippen LogP contribution in [0.4, 0.5) is 0 Å². The molecule has 0 saturated carbocycles. The molecule has 1 aliphatic heterocycles. The van der Waals surface area contributed by atoms with Gasteiger partial charge < -0.3 is 10.2 Å². The zero-order chi connectivity index (χ0) is 17.0. The lowest BCUT2D eigenvalue weighted by atomic mass is 10.0. The molecule has 1 heterocycles. The second-order valence-electron chi connectivity index (χ2n) is 6.20. The summed E-state index contributed by atoms with van der Waals surface area (Å²) in [5, 5.41) is 3.04. The van der Waals surface area contributed by atoms with E-state index >= 15 is 0 Å². The molecule has 5 heteroatoms. The molecular formula is C18H25BrN2O2. The second-order valence-corrected chi connectivity index (χ2v) is 7.11. The Morgan fingerprint density at radius 3 is 2.48 bits per heavy atom. The number of nitrogens with one attached hydrogen (secondary N) is 1. The lowest BCUT2D eigenvalue weighted by Gasteiger charge is -2.26. The van der Waals surface area contributed by atoms with Crippen molar-refractivity contribution in [3.05, 3.63) is 34.3 Å². The normalized spacial score (nSPS) is 19.3. The molecule has 2 rings (SSSR count). The van der Waals surface area contributed by atoms with E-state index in [2.05, 4.69) is 35.1 Å². The third kappa shape index (κ3) is 4.34. The topological polar surface area (TPSA) is 49.4 Å². The van der Waals surface area contributed by atoms with E-state index in [0.29, 0.717) is 13.0 Å². The van der Waals surface area contributed by atoms with Crippen molar-refractivity contribution >= 4 is 27.7 Å². The molecule has 2 unspecified atom stereocenters. The Bertz CT molecular complexity index is 555. The molecule has 1 saturated heterocycles. The number of carbonyl (C=O) groups is 2. The fourth-order valence-electron chi connectivity index (χ4n) is 3.16. The predicted octanol–water partition coefficient (Wildman–Crippen LogP) is 3.66. The molecule has 1 aromatic rings. The third-order valence-electron chi connectivity index (χ3n) is 4.64. The zero-order valence-corrected chi connectivity index (χ0v) is 15.6. The van der Waals surface area contributed by atoms with Gasteiger partial charge in [-0.05, 0) is 37.5 Å². The maximum absolute atomic E-state index is 12.5. The summed E-state index contributed by atoms with van der Waals surface area (Å²) in [7, 11) is 0. The molecular weight excluding hydrogens is 356 g/mol. The van der Waals surface area contributed by atoms with Crippen LogP contribution in [0.3, 0.4) is 0 Å². The predicted molar refractivity (Wildman–Crippen MR) is 94.9 cm³/mol. The van der Waals surface area contributed by atoms with Gasteiger partial charge in [0.1, 0.15) is 0 Å². The van der Waals surface area contributed by atoms with Crippen LogP contribution in [0.1, 0.15) is 51.6 Å². The molecule has 2 amide bonds. The van der Waals surface area contributed by atoms with Gasteiger partial charge in [-0.2, -0.15) is 0 Å². The van der Waals surface area contributed by atoms with E-state index < -0.39 is 0 Å². The number of rotatable bonds is 6. The van der Waals surface area contributed by atoms with Gasteiger partial charge in [0.25, 0.3) is 0 Å². The molecule has 0 spiro atoms. The minimum Gasteiger partial charge on any atom is -0.349 e. The zero-order valence-electron chi connectivity index (χ0n) is 14.0. The smallest absolute Gasteiger partial charge is 0.225 e. The SMILES string of the molecule is CCC(CC)N1CC(C(=O)NC(C)c2ccc(Br)cc2)CC1=O. The van der Waals surface area contributed by atoms with Gasteiger partial charge in [0.05, 0.1) is 12.0 Å². The summed E-state index contributed by atoms with van der Waals surface area (Å²) in [5.41, 5.74) is 1.06. The van der Waals surface area contributed by atoms with Crippen molar-refractivity contribution in [2.24, 2.45) is 5.92 Å². The molecule has 0 bridgehead atoms. The van der Waals surface area contributed by atoms with Crippen LogP contribution in [0.5, 0.6) is 0 Å². The Hall–Kier alpha value is -1.36. The van der Waals surface area contributed by atoms with E-state index in [-0.39, 0.29) is 29.8 Å². The fraction of sp³-hybridized carbons (Fsp3) is 0.556. The fourth-order valence-corrected chi connectivity index (χ4v) is 3.42. The van der Waals surface area contributed by atoms with E-state index in [9.17, 15) is 9.59 Å². The van der Waals surface area contributed by atoms with Gasteiger partial charge in [0, 0.05) is 23.5 Å². The van der Waals surface area contributed by atoms with Crippen LogP contribution >= 0.6 is 15.9 Å². The van der Waals surface area contributed by atoms with Gasteiger partial charge in [-0.15, -0.1) is 0 Å². The third-order valence-corrected chi connectivity index (χ3v) is 5.17. The minimum absolute atomic E-state index is 0.0257. The van der Waals surface area contributed by atoms with Gasteiger partial charge in [0.2, 0.25) is 11.8 Å². The Morgan fingerprint density at radius 2 is 1.91 bits per heavy atom. The summed E-state index contributed by atoms with van der Waals surface area (Å²) in [5.74, 6) is -0.154. The quantitative estimate of drug-likeness (QED) is 0.818. The summed E-state index contributed by atoms with van der Waals surface area (Å²) in [4.78, 5) is 26.6. The molecule has 1 N–H and O–H groups in total. The molecule has 0 aromatic heterocycles. The Morgan fingerprint density at radius 1 is 1.30 bits per heavy atom. The summed E-state index contributed by atoms with van der Waals surface area (Å²) >= 11 is 3.41. The van der Waals surface area contributed by atoms with Crippen molar-refractivity contribution in [2.45, 2.75) is 52.1 Å². The Balaban J connectivity index is 1.96. The van der Waals surface area contributed by atoms with Gasteiger partial charge in [-0.1, -0.05) is 41.9 Å². The van der Waals surface area contributed by atoms with Crippen molar-refractivity contribution in [1.29, 1.82) is 0 Å². The van der Waals surface area contributed by atoms with Crippen LogP contribution in [-0.4, -0.2) is 29.3 Å². The lowest BCUT2D eigenvalue weighted by molar-refractivity contribution is -0.130. The number of benzene rings is 1. The number of amides is 2. The molecule has 2 atom stereocenters. The highest BCUT2D eigenvalue weighted by Gasteiger charge is 2.37. The molecule has 1 fully saturated rings. The van der Waals surface area contributed by atoms with Gasteiger partial charge in [-0.25, -0.2) is 0 Å². The molecule has 126 valence electrons. The monoisotopic (exact) mass is 380 g/mol. The molecule has 1 aliphatic rings. The second kappa shape index (κ2) is 7.95. The average Bonchev–Trinajstić information content (AvgIpc) is 2.91. The number of hydrogen-bond acceptors (Lipinski definition) is 2. The molecule has 4 nitrogen and oxygen atoms in total. The Labute approximate surface area is 146 Å². The molecule has 23 heavy (non-hydrogen) atoms. The van der Waals surface area contributed by atoms with Crippen LogP contribution in [0.15, 0.2) is 28.7 Å². The Kier molecular flexibility index (Phi) is 6.22. The van der Waals surface area contributed by atoms with E-state index in [1.54, 1.807) is 0 Å². The maximum Gasteiger partial charge on any atom is 0.225 e. The van der Waals surface area contributed by atoms with Crippen molar-refractivity contribution in [1.82, 2.24) is 10.2 Å². The first-order valence-electron chi connectivity index (χ1n) is 8.31.